The Morgan fingerprint density at radius 1 is 0.500 bits per heavy atom. The second-order valence-electron chi connectivity index (χ2n) is 6.36. The zero-order chi connectivity index (χ0) is 17.1. The van der Waals surface area contributed by atoms with Crippen LogP contribution in [-0.4, -0.2) is 101 Å². The van der Waals surface area contributed by atoms with Gasteiger partial charge in [-0.25, -0.2) is 0 Å². The first-order chi connectivity index (χ1) is 10.3. The van der Waals surface area contributed by atoms with E-state index < -0.39 is 0 Å². The van der Waals surface area contributed by atoms with Crippen molar-refractivity contribution in [2.75, 3.05) is 69.5 Å². The third kappa shape index (κ3) is 8.74. The molecule has 0 aliphatic carbocycles. The molecule has 0 aliphatic heterocycles. The van der Waals surface area contributed by atoms with Crippen molar-refractivity contribution >= 4 is 11.9 Å². The average Bonchev–Trinajstić information content (AvgIpc) is 2.38. The number of hydrogen-bond donors (Lipinski definition) is 0. The van der Waals surface area contributed by atoms with Crippen LogP contribution < -0.4 is 0 Å². The maximum Gasteiger partial charge on any atom is 0.195 e. The van der Waals surface area contributed by atoms with Crippen LogP contribution in [0.4, 0.5) is 0 Å². The highest BCUT2D eigenvalue weighted by molar-refractivity contribution is 5.79. The Labute approximate surface area is 137 Å². The van der Waals surface area contributed by atoms with Crippen molar-refractivity contribution in [2.24, 2.45) is 9.98 Å². The smallest absolute Gasteiger partial charge is 0.195 e. The Morgan fingerprint density at radius 2 is 0.773 bits per heavy atom. The van der Waals surface area contributed by atoms with Gasteiger partial charge < -0.3 is 19.6 Å². The second-order valence-corrected chi connectivity index (χ2v) is 6.36. The largest absolute Gasteiger partial charge is 0.349 e. The highest BCUT2D eigenvalue weighted by Gasteiger charge is 2.04. The van der Waals surface area contributed by atoms with Crippen molar-refractivity contribution in [3.8, 4) is 0 Å². The van der Waals surface area contributed by atoms with Gasteiger partial charge in [0.25, 0.3) is 0 Å². The molecule has 0 spiro atoms. The van der Waals surface area contributed by atoms with Crippen molar-refractivity contribution in [1.29, 1.82) is 0 Å². The summed E-state index contributed by atoms with van der Waals surface area (Å²) in [5.74, 6) is 2.07. The molecule has 0 saturated heterocycles. The first-order valence-corrected chi connectivity index (χ1v) is 8.05. The van der Waals surface area contributed by atoms with Gasteiger partial charge in [0.1, 0.15) is 0 Å². The van der Waals surface area contributed by atoms with Crippen molar-refractivity contribution in [1.82, 2.24) is 19.6 Å². The van der Waals surface area contributed by atoms with Gasteiger partial charge in [-0.05, 0) is 12.8 Å². The van der Waals surface area contributed by atoms with Crippen molar-refractivity contribution < 1.29 is 0 Å². The predicted octanol–water partition coefficient (Wildman–Crippen LogP) is 1.51. The van der Waals surface area contributed by atoms with Crippen LogP contribution in [0.3, 0.4) is 0 Å². The van der Waals surface area contributed by atoms with E-state index in [2.05, 4.69) is 29.6 Å². The summed E-state index contributed by atoms with van der Waals surface area (Å²) in [4.78, 5) is 17.5. The summed E-state index contributed by atoms with van der Waals surface area (Å²) >= 11 is 0. The lowest BCUT2D eigenvalue weighted by Gasteiger charge is -2.22. The molecule has 0 unspecified atom stereocenters. The highest BCUT2D eigenvalue weighted by atomic mass is 15.3. The summed E-state index contributed by atoms with van der Waals surface area (Å²) in [5.41, 5.74) is 0. The zero-order valence-corrected chi connectivity index (χ0v) is 15.9. The number of nitrogens with zero attached hydrogens (tertiary/aromatic N) is 6. The zero-order valence-electron chi connectivity index (χ0n) is 15.9. The van der Waals surface area contributed by atoms with Gasteiger partial charge in [0.15, 0.2) is 11.9 Å². The SMILES string of the molecule is CN(C)C(=NCCCCCCN=C(N(C)C)N(C)C)N(C)C. The normalized spacial score (nSPS) is 10.0. The Kier molecular flexibility index (Phi) is 10.4. The molecular formula is C16H36N6. The van der Waals surface area contributed by atoms with E-state index in [0.29, 0.717) is 0 Å². The molecule has 0 atom stereocenters. The van der Waals surface area contributed by atoms with Crippen molar-refractivity contribution in [3.05, 3.63) is 0 Å². The van der Waals surface area contributed by atoms with Crippen molar-refractivity contribution in [3.63, 3.8) is 0 Å². The van der Waals surface area contributed by atoms with E-state index in [1.54, 1.807) is 0 Å². The average molecular weight is 313 g/mol. The van der Waals surface area contributed by atoms with Crippen molar-refractivity contribution in [2.45, 2.75) is 25.7 Å². The molecule has 0 fully saturated rings. The van der Waals surface area contributed by atoms with E-state index in [4.69, 9.17) is 0 Å². The Hall–Kier alpha value is -1.46. The first kappa shape index (κ1) is 20.5. The standard InChI is InChI=1S/C16H36N6/c1-19(2)15(20(3)4)17-13-11-9-10-12-14-18-16(21(5)6)22(7)8/h9-14H2,1-8H3. The number of hydrogen-bond acceptors (Lipinski definition) is 2. The summed E-state index contributed by atoms with van der Waals surface area (Å²) in [5, 5.41) is 0. The van der Waals surface area contributed by atoms with Gasteiger partial charge in [0.05, 0.1) is 0 Å². The van der Waals surface area contributed by atoms with Gasteiger partial charge in [0.2, 0.25) is 0 Å². The summed E-state index contributed by atoms with van der Waals surface area (Å²) in [6, 6.07) is 0. The molecule has 0 aromatic rings. The maximum absolute atomic E-state index is 4.64. The van der Waals surface area contributed by atoms with Crippen LogP contribution in [0.2, 0.25) is 0 Å². The lowest BCUT2D eigenvalue weighted by molar-refractivity contribution is 0.476. The third-order valence-corrected chi connectivity index (χ3v) is 3.17. The topological polar surface area (TPSA) is 37.7 Å². The molecule has 0 bridgehead atoms. The molecular weight excluding hydrogens is 276 g/mol. The van der Waals surface area contributed by atoms with Gasteiger partial charge in [-0.3, -0.25) is 9.98 Å². The van der Waals surface area contributed by atoms with Crippen LogP contribution in [0.1, 0.15) is 25.7 Å². The van der Waals surface area contributed by atoms with E-state index in [1.165, 1.54) is 12.8 Å². The summed E-state index contributed by atoms with van der Waals surface area (Å²) in [7, 11) is 16.3. The van der Waals surface area contributed by atoms with Crippen LogP contribution in [0.5, 0.6) is 0 Å². The molecule has 0 aromatic heterocycles. The van der Waals surface area contributed by atoms with Crippen LogP contribution >= 0.6 is 0 Å². The van der Waals surface area contributed by atoms with Crippen LogP contribution in [0, 0.1) is 0 Å². The van der Waals surface area contributed by atoms with Gasteiger partial charge >= 0.3 is 0 Å². The van der Waals surface area contributed by atoms with Gasteiger partial charge in [-0.1, -0.05) is 12.8 Å². The van der Waals surface area contributed by atoms with E-state index >= 15 is 0 Å². The number of aliphatic imine (C=N–C) groups is 2. The molecule has 0 N–H and O–H groups in total. The van der Waals surface area contributed by atoms with Gasteiger partial charge in [0, 0.05) is 69.5 Å². The molecule has 6 heteroatoms. The van der Waals surface area contributed by atoms with Gasteiger partial charge in [-0.15, -0.1) is 0 Å². The molecule has 22 heavy (non-hydrogen) atoms. The number of guanidine groups is 2. The highest BCUT2D eigenvalue weighted by Crippen LogP contribution is 2.02. The van der Waals surface area contributed by atoms with Crippen LogP contribution in [0.25, 0.3) is 0 Å². The minimum atomic E-state index is 0.898. The van der Waals surface area contributed by atoms with Crippen LogP contribution in [-0.2, 0) is 0 Å². The number of unbranched alkanes of at least 4 members (excludes halogenated alkanes) is 3. The molecule has 0 amide bonds. The van der Waals surface area contributed by atoms with E-state index in [0.717, 1.165) is 37.9 Å². The monoisotopic (exact) mass is 312 g/mol. The van der Waals surface area contributed by atoms with E-state index in [9.17, 15) is 0 Å². The molecule has 0 saturated carbocycles. The summed E-state index contributed by atoms with van der Waals surface area (Å²) < 4.78 is 0. The Morgan fingerprint density at radius 3 is 1.00 bits per heavy atom. The van der Waals surface area contributed by atoms with Crippen LogP contribution in [0.15, 0.2) is 9.98 Å². The fourth-order valence-electron chi connectivity index (χ4n) is 2.30. The lowest BCUT2D eigenvalue weighted by Crippen LogP contribution is -2.35. The molecule has 0 radical (unpaired) electrons. The second kappa shape index (κ2) is 11.2. The molecule has 6 nitrogen and oxygen atoms in total. The molecule has 130 valence electrons. The predicted molar refractivity (Wildman–Crippen MR) is 97.8 cm³/mol. The molecule has 0 rings (SSSR count). The lowest BCUT2D eigenvalue weighted by atomic mass is 10.2. The van der Waals surface area contributed by atoms with E-state index in [-0.39, 0.29) is 0 Å². The minimum Gasteiger partial charge on any atom is -0.349 e. The Bertz CT molecular complexity index is 291. The third-order valence-electron chi connectivity index (χ3n) is 3.17. The maximum atomic E-state index is 4.64. The Balaban J connectivity index is 3.91. The summed E-state index contributed by atoms with van der Waals surface area (Å²) in [6.45, 7) is 1.80. The molecule has 0 aliphatic rings. The quantitative estimate of drug-likeness (QED) is 0.406. The van der Waals surface area contributed by atoms with E-state index in [1.807, 2.05) is 56.4 Å². The fourth-order valence-corrected chi connectivity index (χ4v) is 2.30. The van der Waals surface area contributed by atoms with Gasteiger partial charge in [-0.2, -0.15) is 0 Å². The fraction of sp³-hybridized carbons (Fsp3) is 0.875. The molecule has 0 heterocycles. The summed E-state index contributed by atoms with van der Waals surface area (Å²) in [6.07, 6.45) is 4.71. The first-order valence-electron chi connectivity index (χ1n) is 8.05. The minimum absolute atomic E-state index is 0.898. The number of rotatable bonds is 7. The molecule has 0 aromatic carbocycles.